The zero-order chi connectivity index (χ0) is 14.8. The van der Waals surface area contributed by atoms with Gasteiger partial charge in [-0.2, -0.15) is 13.5 Å². The Morgan fingerprint density at radius 1 is 1.15 bits per heavy atom. The zero-order valence-electron chi connectivity index (χ0n) is 11.5. The zero-order valence-corrected chi connectivity index (χ0v) is 13.2. The van der Waals surface area contributed by atoms with E-state index in [0.29, 0.717) is 5.56 Å². The first-order valence-corrected chi connectivity index (χ1v) is 8.42. The minimum Gasteiger partial charge on any atom is -0.200 e. The predicted molar refractivity (Wildman–Crippen MR) is 82.9 cm³/mol. The fourth-order valence-electron chi connectivity index (χ4n) is 1.72. The van der Waals surface area contributed by atoms with E-state index in [1.165, 1.54) is 17.6 Å². The SMILES string of the molecule is Cc1ccc(C)c(S(=O)(=O)N/N=C\c2sccc2C)c1. The number of nitrogens with zero attached hydrogens (tertiary/aromatic N) is 1. The van der Waals surface area contributed by atoms with Crippen LogP contribution in [0.4, 0.5) is 0 Å². The van der Waals surface area contributed by atoms with Crippen molar-refractivity contribution in [2.24, 2.45) is 5.10 Å². The highest BCUT2D eigenvalue weighted by atomic mass is 32.2. The highest BCUT2D eigenvalue weighted by Gasteiger charge is 2.15. The number of rotatable bonds is 4. The molecule has 0 atom stereocenters. The summed E-state index contributed by atoms with van der Waals surface area (Å²) in [6, 6.07) is 7.28. The second-order valence-electron chi connectivity index (χ2n) is 4.59. The van der Waals surface area contributed by atoms with Crippen molar-refractivity contribution < 1.29 is 8.42 Å². The van der Waals surface area contributed by atoms with Crippen LogP contribution >= 0.6 is 11.3 Å². The fourth-order valence-corrected chi connectivity index (χ4v) is 3.63. The maximum atomic E-state index is 12.2. The van der Waals surface area contributed by atoms with Gasteiger partial charge in [-0.25, -0.2) is 4.83 Å². The normalized spacial score (nSPS) is 11.9. The number of benzene rings is 1. The van der Waals surface area contributed by atoms with Crippen molar-refractivity contribution in [2.75, 3.05) is 0 Å². The molecule has 20 heavy (non-hydrogen) atoms. The molecule has 1 aromatic carbocycles. The Labute approximate surface area is 123 Å². The lowest BCUT2D eigenvalue weighted by atomic mass is 10.2. The molecule has 0 fully saturated rings. The molecule has 0 radical (unpaired) electrons. The summed E-state index contributed by atoms with van der Waals surface area (Å²) >= 11 is 1.52. The monoisotopic (exact) mass is 308 g/mol. The molecule has 0 aliphatic rings. The molecule has 0 unspecified atom stereocenters. The van der Waals surface area contributed by atoms with Crippen molar-refractivity contribution in [3.63, 3.8) is 0 Å². The molecule has 2 aromatic rings. The summed E-state index contributed by atoms with van der Waals surface area (Å²) < 4.78 is 24.4. The van der Waals surface area contributed by atoms with E-state index in [1.54, 1.807) is 19.1 Å². The summed E-state index contributed by atoms with van der Waals surface area (Å²) in [5.74, 6) is 0. The van der Waals surface area contributed by atoms with Gasteiger partial charge in [-0.3, -0.25) is 0 Å². The summed E-state index contributed by atoms with van der Waals surface area (Å²) in [6.45, 7) is 5.58. The van der Waals surface area contributed by atoms with Gasteiger partial charge < -0.3 is 0 Å². The number of nitrogens with one attached hydrogen (secondary N) is 1. The third kappa shape index (κ3) is 3.26. The van der Waals surface area contributed by atoms with Crippen molar-refractivity contribution in [3.05, 3.63) is 51.2 Å². The molecule has 0 amide bonds. The van der Waals surface area contributed by atoms with Crippen LogP contribution in [0.25, 0.3) is 0 Å². The lowest BCUT2D eigenvalue weighted by Crippen LogP contribution is -2.19. The molecule has 2 rings (SSSR count). The molecular weight excluding hydrogens is 292 g/mol. The second-order valence-corrected chi connectivity index (χ2v) is 7.17. The van der Waals surface area contributed by atoms with E-state index in [2.05, 4.69) is 9.93 Å². The van der Waals surface area contributed by atoms with Gasteiger partial charge in [-0.15, -0.1) is 11.3 Å². The Morgan fingerprint density at radius 3 is 2.55 bits per heavy atom. The number of aryl methyl sites for hydroxylation is 3. The highest BCUT2D eigenvalue weighted by Crippen LogP contribution is 2.17. The van der Waals surface area contributed by atoms with Crippen LogP contribution in [0.3, 0.4) is 0 Å². The lowest BCUT2D eigenvalue weighted by molar-refractivity contribution is 0.584. The van der Waals surface area contributed by atoms with Gasteiger partial charge in [-0.1, -0.05) is 12.1 Å². The number of hydrogen-bond acceptors (Lipinski definition) is 4. The average Bonchev–Trinajstić information content (AvgIpc) is 2.78. The standard InChI is InChI=1S/C14H16N2O2S2/c1-10-4-5-12(3)14(8-10)20(17,18)16-15-9-13-11(2)6-7-19-13/h4-9,16H,1-3H3/b15-9-. The molecule has 0 aliphatic carbocycles. The third-order valence-electron chi connectivity index (χ3n) is 2.89. The van der Waals surface area contributed by atoms with Crippen LogP contribution in [0.15, 0.2) is 39.6 Å². The van der Waals surface area contributed by atoms with E-state index in [-0.39, 0.29) is 4.90 Å². The molecule has 0 spiro atoms. The predicted octanol–water partition coefficient (Wildman–Crippen LogP) is 2.99. The first-order chi connectivity index (χ1) is 9.40. The van der Waals surface area contributed by atoms with E-state index >= 15 is 0 Å². The lowest BCUT2D eigenvalue weighted by Gasteiger charge is -2.07. The van der Waals surface area contributed by atoms with E-state index in [4.69, 9.17) is 0 Å². The molecular formula is C14H16N2O2S2. The van der Waals surface area contributed by atoms with Gasteiger partial charge in [0.25, 0.3) is 10.0 Å². The fraction of sp³-hybridized carbons (Fsp3) is 0.214. The molecule has 106 valence electrons. The summed E-state index contributed by atoms with van der Waals surface area (Å²) in [6.07, 6.45) is 1.53. The van der Waals surface area contributed by atoms with Crippen molar-refractivity contribution in [2.45, 2.75) is 25.7 Å². The summed E-state index contributed by atoms with van der Waals surface area (Å²) in [5.41, 5.74) is 2.67. The first-order valence-electron chi connectivity index (χ1n) is 6.06. The van der Waals surface area contributed by atoms with Gasteiger partial charge in [0.2, 0.25) is 0 Å². The summed E-state index contributed by atoms with van der Waals surface area (Å²) in [5, 5.41) is 5.78. The molecule has 6 heteroatoms. The molecule has 1 aromatic heterocycles. The quantitative estimate of drug-likeness (QED) is 0.697. The van der Waals surface area contributed by atoms with Crippen LogP contribution in [0.5, 0.6) is 0 Å². The van der Waals surface area contributed by atoms with Crippen molar-refractivity contribution in [1.82, 2.24) is 4.83 Å². The van der Waals surface area contributed by atoms with Gasteiger partial charge in [0, 0.05) is 0 Å². The number of sulfonamides is 1. The van der Waals surface area contributed by atoms with Gasteiger partial charge in [-0.05, 0) is 55.0 Å². The Morgan fingerprint density at radius 2 is 1.90 bits per heavy atom. The minimum absolute atomic E-state index is 0.262. The van der Waals surface area contributed by atoms with E-state index < -0.39 is 10.0 Å². The minimum atomic E-state index is -3.62. The van der Waals surface area contributed by atoms with E-state index in [1.807, 2.05) is 31.4 Å². The largest absolute Gasteiger partial charge is 0.276 e. The molecule has 1 heterocycles. The third-order valence-corrected chi connectivity index (χ3v) is 5.21. The van der Waals surface area contributed by atoms with Crippen LogP contribution in [0.1, 0.15) is 21.6 Å². The Hall–Kier alpha value is -1.66. The maximum absolute atomic E-state index is 12.2. The van der Waals surface area contributed by atoms with Crippen LogP contribution in [-0.4, -0.2) is 14.6 Å². The van der Waals surface area contributed by atoms with Crippen LogP contribution < -0.4 is 4.83 Å². The molecule has 0 aliphatic heterocycles. The van der Waals surface area contributed by atoms with E-state index in [9.17, 15) is 8.42 Å². The van der Waals surface area contributed by atoms with Crippen molar-refractivity contribution >= 4 is 27.6 Å². The van der Waals surface area contributed by atoms with Crippen LogP contribution in [-0.2, 0) is 10.0 Å². The highest BCUT2D eigenvalue weighted by molar-refractivity contribution is 7.89. The Bertz CT molecular complexity index is 746. The van der Waals surface area contributed by atoms with Crippen LogP contribution in [0, 0.1) is 20.8 Å². The Kier molecular flexibility index (Phi) is 4.25. The first kappa shape index (κ1) is 14.7. The van der Waals surface area contributed by atoms with Crippen LogP contribution in [0.2, 0.25) is 0 Å². The maximum Gasteiger partial charge on any atom is 0.276 e. The number of thiophene rings is 1. The molecule has 0 bridgehead atoms. The van der Waals surface area contributed by atoms with Gasteiger partial charge in [0.1, 0.15) is 0 Å². The average molecular weight is 308 g/mol. The summed E-state index contributed by atoms with van der Waals surface area (Å²) in [7, 11) is -3.62. The topological polar surface area (TPSA) is 58.5 Å². The molecule has 0 saturated carbocycles. The Balaban J connectivity index is 2.22. The molecule has 1 N–H and O–H groups in total. The smallest absolute Gasteiger partial charge is 0.200 e. The van der Waals surface area contributed by atoms with Gasteiger partial charge in [0.15, 0.2) is 0 Å². The second kappa shape index (κ2) is 5.76. The van der Waals surface area contributed by atoms with Crippen molar-refractivity contribution in [3.8, 4) is 0 Å². The molecule has 0 saturated heterocycles. The van der Waals surface area contributed by atoms with E-state index in [0.717, 1.165) is 16.0 Å². The van der Waals surface area contributed by atoms with Gasteiger partial charge in [0.05, 0.1) is 16.0 Å². The van der Waals surface area contributed by atoms with Crippen molar-refractivity contribution in [1.29, 1.82) is 0 Å². The number of hydrazone groups is 1. The number of hydrogen-bond donors (Lipinski definition) is 1. The summed E-state index contributed by atoms with van der Waals surface area (Å²) in [4.78, 5) is 3.46. The van der Waals surface area contributed by atoms with Gasteiger partial charge >= 0.3 is 0 Å². The molecule has 4 nitrogen and oxygen atoms in total.